The molecule has 0 fully saturated rings. The minimum absolute atomic E-state index is 0.00536. The van der Waals surface area contributed by atoms with Crippen molar-refractivity contribution in [3.63, 3.8) is 0 Å². The SMILES string of the molecule is CC(CN(C)C(=O)c1cc(O)ccc1O)/C(N)=N/O. The van der Waals surface area contributed by atoms with Gasteiger partial charge in [-0.05, 0) is 18.2 Å². The summed E-state index contributed by atoms with van der Waals surface area (Å²) < 4.78 is 0. The van der Waals surface area contributed by atoms with Crippen LogP contribution in [0, 0.1) is 5.92 Å². The molecule has 7 heteroatoms. The second-order valence-corrected chi connectivity index (χ2v) is 4.31. The van der Waals surface area contributed by atoms with Crippen LogP contribution >= 0.6 is 0 Å². The third-order valence-electron chi connectivity index (χ3n) is 2.73. The lowest BCUT2D eigenvalue weighted by Gasteiger charge is -2.21. The van der Waals surface area contributed by atoms with Crippen molar-refractivity contribution in [1.82, 2.24) is 4.90 Å². The van der Waals surface area contributed by atoms with Crippen LogP contribution in [0.15, 0.2) is 23.4 Å². The largest absolute Gasteiger partial charge is 0.508 e. The molecule has 1 rings (SSSR count). The Labute approximate surface area is 110 Å². The van der Waals surface area contributed by atoms with Crippen molar-refractivity contribution >= 4 is 11.7 Å². The molecule has 1 amide bonds. The third kappa shape index (κ3) is 3.51. The van der Waals surface area contributed by atoms with Crippen molar-refractivity contribution in [1.29, 1.82) is 0 Å². The molecule has 19 heavy (non-hydrogen) atoms. The lowest BCUT2D eigenvalue weighted by atomic mass is 10.1. The standard InChI is InChI=1S/C12H17N3O4/c1-7(11(13)14-19)6-15(2)12(18)9-5-8(16)3-4-10(9)17/h3-5,7,16-17,19H,6H2,1-2H3,(H2,13,14). The second-order valence-electron chi connectivity index (χ2n) is 4.31. The van der Waals surface area contributed by atoms with Gasteiger partial charge < -0.3 is 26.1 Å². The summed E-state index contributed by atoms with van der Waals surface area (Å²) in [6, 6.07) is 3.71. The fourth-order valence-corrected chi connectivity index (χ4v) is 1.59. The molecule has 0 heterocycles. The number of phenols is 2. The van der Waals surface area contributed by atoms with Gasteiger partial charge >= 0.3 is 0 Å². The summed E-state index contributed by atoms with van der Waals surface area (Å²) in [5, 5.41) is 30.3. The van der Waals surface area contributed by atoms with Crippen molar-refractivity contribution in [2.24, 2.45) is 16.8 Å². The second kappa shape index (κ2) is 5.94. The van der Waals surface area contributed by atoms with Crippen LogP contribution in [-0.4, -0.2) is 45.7 Å². The summed E-state index contributed by atoms with van der Waals surface area (Å²) in [6.45, 7) is 1.91. The number of amidine groups is 1. The van der Waals surface area contributed by atoms with Gasteiger partial charge in [-0.3, -0.25) is 4.79 Å². The van der Waals surface area contributed by atoms with Gasteiger partial charge in [-0.1, -0.05) is 12.1 Å². The van der Waals surface area contributed by atoms with Gasteiger partial charge in [-0.15, -0.1) is 0 Å². The van der Waals surface area contributed by atoms with Crippen LogP contribution < -0.4 is 5.73 Å². The molecule has 0 radical (unpaired) electrons. The first-order valence-corrected chi connectivity index (χ1v) is 5.61. The van der Waals surface area contributed by atoms with Crippen molar-refractivity contribution in [3.8, 4) is 11.5 Å². The number of nitrogens with zero attached hydrogens (tertiary/aromatic N) is 2. The molecule has 0 saturated heterocycles. The first kappa shape index (κ1) is 14.6. The summed E-state index contributed by atoms with van der Waals surface area (Å²) in [5.74, 6) is -1.12. The van der Waals surface area contributed by atoms with E-state index >= 15 is 0 Å². The zero-order valence-electron chi connectivity index (χ0n) is 10.7. The van der Waals surface area contributed by atoms with Crippen LogP contribution in [0.4, 0.5) is 0 Å². The maximum Gasteiger partial charge on any atom is 0.257 e. The Morgan fingerprint density at radius 3 is 2.68 bits per heavy atom. The van der Waals surface area contributed by atoms with E-state index in [-0.39, 0.29) is 35.4 Å². The minimum atomic E-state index is -0.467. The molecule has 104 valence electrons. The molecule has 0 aliphatic carbocycles. The Morgan fingerprint density at radius 1 is 1.47 bits per heavy atom. The van der Waals surface area contributed by atoms with Gasteiger partial charge in [0.15, 0.2) is 0 Å². The number of carbonyl (C=O) groups is 1. The summed E-state index contributed by atoms with van der Waals surface area (Å²) in [6.07, 6.45) is 0. The average Bonchev–Trinajstić information content (AvgIpc) is 2.39. The summed E-state index contributed by atoms with van der Waals surface area (Å²) in [5.41, 5.74) is 5.42. The quantitative estimate of drug-likeness (QED) is 0.209. The molecule has 0 aromatic heterocycles. The molecule has 0 saturated carbocycles. The molecule has 0 aliphatic heterocycles. The lowest BCUT2D eigenvalue weighted by Crippen LogP contribution is -2.36. The van der Waals surface area contributed by atoms with Crippen LogP contribution in [0.3, 0.4) is 0 Å². The first-order valence-electron chi connectivity index (χ1n) is 5.61. The highest BCUT2D eigenvalue weighted by Gasteiger charge is 2.19. The van der Waals surface area contributed by atoms with E-state index < -0.39 is 5.91 Å². The topological polar surface area (TPSA) is 119 Å². The highest BCUT2D eigenvalue weighted by molar-refractivity contribution is 5.97. The van der Waals surface area contributed by atoms with E-state index in [2.05, 4.69) is 5.16 Å². The van der Waals surface area contributed by atoms with E-state index in [9.17, 15) is 15.0 Å². The maximum absolute atomic E-state index is 12.1. The molecule has 1 aromatic rings. The van der Waals surface area contributed by atoms with E-state index in [1.807, 2.05) is 0 Å². The Morgan fingerprint density at radius 2 is 2.11 bits per heavy atom. The van der Waals surface area contributed by atoms with Crippen molar-refractivity contribution in [3.05, 3.63) is 23.8 Å². The molecule has 1 aromatic carbocycles. The zero-order valence-corrected chi connectivity index (χ0v) is 10.7. The molecule has 0 aliphatic rings. The minimum Gasteiger partial charge on any atom is -0.508 e. The number of amides is 1. The zero-order chi connectivity index (χ0) is 14.6. The highest BCUT2D eigenvalue weighted by atomic mass is 16.4. The number of carbonyl (C=O) groups excluding carboxylic acids is 1. The van der Waals surface area contributed by atoms with E-state index in [0.717, 1.165) is 0 Å². The van der Waals surface area contributed by atoms with E-state index in [1.165, 1.54) is 30.1 Å². The first-order chi connectivity index (χ1) is 8.86. The Kier molecular flexibility index (Phi) is 4.57. The van der Waals surface area contributed by atoms with Crippen LogP contribution in [-0.2, 0) is 0 Å². The number of benzene rings is 1. The predicted molar refractivity (Wildman–Crippen MR) is 69.3 cm³/mol. The van der Waals surface area contributed by atoms with Gasteiger partial charge in [0.1, 0.15) is 17.3 Å². The number of oxime groups is 1. The normalized spacial score (nSPS) is 13.1. The van der Waals surface area contributed by atoms with Crippen LogP contribution in [0.2, 0.25) is 0 Å². The molecule has 1 unspecified atom stereocenters. The van der Waals surface area contributed by atoms with Crippen LogP contribution in [0.5, 0.6) is 11.5 Å². The fourth-order valence-electron chi connectivity index (χ4n) is 1.59. The number of nitrogens with two attached hydrogens (primary N) is 1. The summed E-state index contributed by atoms with van der Waals surface area (Å²) in [7, 11) is 1.52. The van der Waals surface area contributed by atoms with Gasteiger partial charge in [-0.25, -0.2) is 0 Å². The summed E-state index contributed by atoms with van der Waals surface area (Å²) in [4.78, 5) is 13.4. The third-order valence-corrected chi connectivity index (χ3v) is 2.73. The van der Waals surface area contributed by atoms with Crippen molar-refractivity contribution in [2.45, 2.75) is 6.92 Å². The summed E-state index contributed by atoms with van der Waals surface area (Å²) >= 11 is 0. The average molecular weight is 267 g/mol. The van der Waals surface area contributed by atoms with Gasteiger partial charge in [0.05, 0.1) is 5.56 Å². The van der Waals surface area contributed by atoms with E-state index in [4.69, 9.17) is 10.9 Å². The van der Waals surface area contributed by atoms with Crippen molar-refractivity contribution in [2.75, 3.05) is 13.6 Å². The van der Waals surface area contributed by atoms with Gasteiger partial charge in [-0.2, -0.15) is 0 Å². The molecule has 0 bridgehead atoms. The Bertz CT molecular complexity index is 502. The maximum atomic E-state index is 12.1. The molecule has 0 spiro atoms. The number of rotatable bonds is 4. The monoisotopic (exact) mass is 267 g/mol. The molecular weight excluding hydrogens is 250 g/mol. The highest BCUT2D eigenvalue weighted by Crippen LogP contribution is 2.23. The van der Waals surface area contributed by atoms with Gasteiger partial charge in [0.25, 0.3) is 5.91 Å². The van der Waals surface area contributed by atoms with Crippen molar-refractivity contribution < 1.29 is 20.2 Å². The molecular formula is C12H17N3O4. The fraction of sp³-hybridized carbons (Fsp3) is 0.333. The van der Waals surface area contributed by atoms with E-state index in [0.29, 0.717) is 0 Å². The van der Waals surface area contributed by atoms with Gasteiger partial charge in [0.2, 0.25) is 0 Å². The molecule has 5 N–H and O–H groups in total. The molecule has 7 nitrogen and oxygen atoms in total. The predicted octanol–water partition coefficient (Wildman–Crippen LogP) is 0.552. The van der Waals surface area contributed by atoms with E-state index in [1.54, 1.807) is 6.92 Å². The Balaban J connectivity index is 2.85. The number of phenolic OH excluding ortho intramolecular Hbond substituents is 2. The number of hydrogen-bond donors (Lipinski definition) is 4. The Hall–Kier alpha value is -2.44. The number of aromatic hydroxyl groups is 2. The lowest BCUT2D eigenvalue weighted by molar-refractivity contribution is 0.0782. The van der Waals surface area contributed by atoms with Crippen LogP contribution in [0.25, 0.3) is 0 Å². The number of hydrogen-bond acceptors (Lipinski definition) is 5. The van der Waals surface area contributed by atoms with Crippen LogP contribution in [0.1, 0.15) is 17.3 Å². The van der Waals surface area contributed by atoms with Gasteiger partial charge in [0, 0.05) is 19.5 Å². The smallest absolute Gasteiger partial charge is 0.257 e. The molecule has 1 atom stereocenters.